The van der Waals surface area contributed by atoms with E-state index in [1.54, 1.807) is 25.3 Å². The summed E-state index contributed by atoms with van der Waals surface area (Å²) in [5, 5.41) is 9.14. The highest BCUT2D eigenvalue weighted by atomic mass is 79.9. The number of carbonyl (C=O) groups excluding carboxylic acids is 1. The van der Waals surface area contributed by atoms with E-state index in [-0.39, 0.29) is 11.4 Å². The molecule has 1 heterocycles. The van der Waals surface area contributed by atoms with Crippen molar-refractivity contribution in [3.8, 4) is 6.07 Å². The van der Waals surface area contributed by atoms with Crippen LogP contribution in [0.25, 0.3) is 0 Å². The molecule has 1 aromatic rings. The maximum atomic E-state index is 13.0. The number of methoxy groups -OCH3 is 1. The highest BCUT2D eigenvalue weighted by Gasteiger charge is 2.43. The Labute approximate surface area is 140 Å². The fourth-order valence-corrected chi connectivity index (χ4v) is 3.92. The van der Waals surface area contributed by atoms with Gasteiger partial charge in [0.1, 0.15) is 6.07 Å². The zero-order valence-corrected chi connectivity index (χ0v) is 14.6. The minimum absolute atomic E-state index is 0.0213. The van der Waals surface area contributed by atoms with Crippen molar-refractivity contribution in [3.63, 3.8) is 0 Å². The lowest BCUT2D eigenvalue weighted by Gasteiger charge is -2.38. The number of nitriles is 1. The number of nitrogens with zero attached hydrogens (tertiary/aromatic N) is 2. The van der Waals surface area contributed by atoms with Crippen molar-refractivity contribution in [3.05, 3.63) is 33.8 Å². The monoisotopic (exact) mass is 364 g/mol. The number of ether oxygens (including phenoxy) is 1. The second kappa shape index (κ2) is 7.26. The minimum atomic E-state index is -0.220. The van der Waals surface area contributed by atoms with Crippen molar-refractivity contribution in [2.24, 2.45) is 0 Å². The third kappa shape index (κ3) is 3.04. The maximum absolute atomic E-state index is 13.0. The molecule has 2 rings (SSSR count). The molecule has 1 aliphatic rings. The highest BCUT2D eigenvalue weighted by Crippen LogP contribution is 2.36. The van der Waals surface area contributed by atoms with E-state index in [4.69, 9.17) is 10.00 Å². The molecule has 0 bridgehead atoms. The predicted octanol–water partition coefficient (Wildman–Crippen LogP) is 3.74. The van der Waals surface area contributed by atoms with Crippen LogP contribution >= 0.6 is 15.9 Å². The van der Waals surface area contributed by atoms with E-state index >= 15 is 0 Å². The Morgan fingerprint density at radius 2 is 2.32 bits per heavy atom. The molecule has 0 radical (unpaired) electrons. The summed E-state index contributed by atoms with van der Waals surface area (Å²) >= 11 is 3.40. The molecule has 0 saturated carbocycles. The standard InChI is InChI=1S/C17H21BrN2O2/c1-3-8-17(12-22-2)9-5-10-20(17)16(21)14-7-4-6-13(11-19)15(14)18/h4,6-7H,3,5,8-10,12H2,1-2H3. The molecule has 1 unspecified atom stereocenters. The third-order valence-electron chi connectivity index (χ3n) is 4.32. The molecule has 1 amide bonds. The summed E-state index contributed by atoms with van der Waals surface area (Å²) < 4.78 is 6.00. The molecular weight excluding hydrogens is 344 g/mol. The Kier molecular flexibility index (Phi) is 5.60. The summed E-state index contributed by atoms with van der Waals surface area (Å²) in [6.07, 6.45) is 3.90. The number of rotatable bonds is 5. The van der Waals surface area contributed by atoms with Crippen LogP contribution in [0, 0.1) is 11.3 Å². The van der Waals surface area contributed by atoms with Gasteiger partial charge in [-0.1, -0.05) is 19.4 Å². The van der Waals surface area contributed by atoms with Gasteiger partial charge < -0.3 is 9.64 Å². The zero-order valence-electron chi connectivity index (χ0n) is 13.1. The predicted molar refractivity (Wildman–Crippen MR) is 88.6 cm³/mol. The van der Waals surface area contributed by atoms with Crippen LogP contribution in [0.1, 0.15) is 48.5 Å². The van der Waals surface area contributed by atoms with Gasteiger partial charge in [0.15, 0.2) is 0 Å². The largest absolute Gasteiger partial charge is 0.382 e. The lowest BCUT2D eigenvalue weighted by atomic mass is 9.91. The second-order valence-electron chi connectivity index (χ2n) is 5.75. The minimum Gasteiger partial charge on any atom is -0.382 e. The van der Waals surface area contributed by atoms with Gasteiger partial charge in [0.2, 0.25) is 0 Å². The fourth-order valence-electron chi connectivity index (χ4n) is 3.40. The fraction of sp³-hybridized carbons (Fsp3) is 0.529. The summed E-state index contributed by atoms with van der Waals surface area (Å²) in [5.74, 6) is -0.0213. The first-order valence-corrected chi connectivity index (χ1v) is 8.38. The normalized spacial score (nSPS) is 20.9. The topological polar surface area (TPSA) is 53.3 Å². The van der Waals surface area contributed by atoms with Gasteiger partial charge >= 0.3 is 0 Å². The van der Waals surface area contributed by atoms with Gasteiger partial charge in [-0.3, -0.25) is 4.79 Å². The summed E-state index contributed by atoms with van der Waals surface area (Å²) in [7, 11) is 1.69. The van der Waals surface area contributed by atoms with Gasteiger partial charge in [-0.05, 0) is 47.3 Å². The Bertz CT molecular complexity index is 589. The summed E-state index contributed by atoms with van der Waals surface area (Å²) in [4.78, 5) is 15.0. The summed E-state index contributed by atoms with van der Waals surface area (Å²) in [6.45, 7) is 3.43. The van der Waals surface area contributed by atoms with E-state index in [0.29, 0.717) is 22.2 Å². The van der Waals surface area contributed by atoms with Crippen molar-refractivity contribution in [2.45, 2.75) is 38.1 Å². The van der Waals surface area contributed by atoms with Crippen LogP contribution in [0.5, 0.6) is 0 Å². The van der Waals surface area contributed by atoms with Gasteiger partial charge in [-0.2, -0.15) is 5.26 Å². The molecule has 1 aliphatic heterocycles. The molecule has 1 atom stereocenters. The first-order chi connectivity index (χ1) is 10.6. The Morgan fingerprint density at radius 1 is 1.55 bits per heavy atom. The van der Waals surface area contributed by atoms with E-state index in [1.807, 2.05) is 4.90 Å². The van der Waals surface area contributed by atoms with E-state index in [0.717, 1.165) is 32.2 Å². The summed E-state index contributed by atoms with van der Waals surface area (Å²) in [5.41, 5.74) is 0.818. The van der Waals surface area contributed by atoms with Crippen LogP contribution in [-0.4, -0.2) is 36.6 Å². The van der Waals surface area contributed by atoms with Crippen LogP contribution in [0.2, 0.25) is 0 Å². The number of hydrogen-bond acceptors (Lipinski definition) is 3. The molecule has 1 fully saturated rings. The van der Waals surface area contributed by atoms with Gasteiger partial charge in [-0.25, -0.2) is 0 Å². The van der Waals surface area contributed by atoms with Gasteiger partial charge in [0, 0.05) is 18.1 Å². The Balaban J connectivity index is 2.37. The highest BCUT2D eigenvalue weighted by molar-refractivity contribution is 9.10. The van der Waals surface area contributed by atoms with Crippen LogP contribution < -0.4 is 0 Å². The molecule has 0 aliphatic carbocycles. The van der Waals surface area contributed by atoms with Gasteiger partial charge in [0.25, 0.3) is 5.91 Å². The lowest BCUT2D eigenvalue weighted by Crippen LogP contribution is -2.50. The van der Waals surface area contributed by atoms with Crippen molar-refractivity contribution < 1.29 is 9.53 Å². The van der Waals surface area contributed by atoms with Crippen molar-refractivity contribution in [1.82, 2.24) is 4.90 Å². The smallest absolute Gasteiger partial charge is 0.255 e. The van der Waals surface area contributed by atoms with Crippen molar-refractivity contribution >= 4 is 21.8 Å². The molecule has 118 valence electrons. The number of hydrogen-bond donors (Lipinski definition) is 0. The Morgan fingerprint density at radius 3 is 2.95 bits per heavy atom. The quantitative estimate of drug-likeness (QED) is 0.799. The maximum Gasteiger partial charge on any atom is 0.255 e. The number of amides is 1. The number of likely N-dealkylation sites (tertiary alicyclic amines) is 1. The van der Waals surface area contributed by atoms with E-state index in [1.165, 1.54) is 0 Å². The Hall–Kier alpha value is -1.38. The average molecular weight is 365 g/mol. The molecule has 5 heteroatoms. The first kappa shape index (κ1) is 17.0. The first-order valence-electron chi connectivity index (χ1n) is 7.59. The third-order valence-corrected chi connectivity index (χ3v) is 5.17. The molecule has 1 aromatic carbocycles. The zero-order chi connectivity index (χ0) is 16.2. The SMILES string of the molecule is CCCC1(COC)CCCN1C(=O)c1cccc(C#N)c1Br. The molecule has 4 nitrogen and oxygen atoms in total. The molecule has 0 spiro atoms. The van der Waals surface area contributed by atoms with Gasteiger partial charge in [0.05, 0.1) is 23.3 Å². The second-order valence-corrected chi connectivity index (χ2v) is 6.54. The number of benzene rings is 1. The van der Waals surface area contributed by atoms with Crippen molar-refractivity contribution in [1.29, 1.82) is 5.26 Å². The summed E-state index contributed by atoms with van der Waals surface area (Å²) in [6, 6.07) is 7.34. The van der Waals surface area contributed by atoms with Gasteiger partial charge in [-0.15, -0.1) is 0 Å². The number of carbonyl (C=O) groups is 1. The van der Waals surface area contributed by atoms with E-state index < -0.39 is 0 Å². The number of halogens is 1. The van der Waals surface area contributed by atoms with Crippen LogP contribution in [-0.2, 0) is 4.74 Å². The molecular formula is C17H21BrN2O2. The molecule has 0 aromatic heterocycles. The van der Waals surface area contributed by atoms with Crippen LogP contribution in [0.4, 0.5) is 0 Å². The van der Waals surface area contributed by atoms with E-state index in [9.17, 15) is 4.79 Å². The molecule has 0 N–H and O–H groups in total. The average Bonchev–Trinajstić information content (AvgIpc) is 2.91. The van der Waals surface area contributed by atoms with Crippen LogP contribution in [0.3, 0.4) is 0 Å². The lowest BCUT2D eigenvalue weighted by molar-refractivity contribution is 0.0253. The van der Waals surface area contributed by atoms with Crippen molar-refractivity contribution in [2.75, 3.05) is 20.3 Å². The van der Waals surface area contributed by atoms with Crippen LogP contribution in [0.15, 0.2) is 22.7 Å². The molecule has 1 saturated heterocycles. The van der Waals surface area contributed by atoms with E-state index in [2.05, 4.69) is 28.9 Å². The molecule has 22 heavy (non-hydrogen) atoms.